The molecule has 0 unspecified atom stereocenters. The molecule has 1 aliphatic carbocycles. The van der Waals surface area contributed by atoms with Crippen molar-refractivity contribution in [2.45, 2.75) is 37.1 Å². The predicted molar refractivity (Wildman–Crippen MR) is 99.0 cm³/mol. The summed E-state index contributed by atoms with van der Waals surface area (Å²) < 4.78 is 0. The van der Waals surface area contributed by atoms with Crippen molar-refractivity contribution in [2.24, 2.45) is 0 Å². The van der Waals surface area contributed by atoms with Crippen LogP contribution in [0.5, 0.6) is 0 Å². The minimum Gasteiger partial charge on any atom is -0.346 e. The number of nitrogens with one attached hydrogen (secondary N) is 2. The lowest BCUT2D eigenvalue weighted by molar-refractivity contribution is -0.134. The highest BCUT2D eigenvalue weighted by atomic mass is 35.5. The largest absolute Gasteiger partial charge is 0.346 e. The zero-order chi connectivity index (χ0) is 18.0. The lowest BCUT2D eigenvalue weighted by Crippen LogP contribution is -2.50. The van der Waals surface area contributed by atoms with Crippen LogP contribution in [-0.4, -0.2) is 49.4 Å². The van der Waals surface area contributed by atoms with E-state index in [9.17, 15) is 9.59 Å². The van der Waals surface area contributed by atoms with Gasteiger partial charge in [-0.05, 0) is 49.9 Å². The Bertz CT molecular complexity index is 670. The fraction of sp³-hybridized carbons (Fsp3) is 0.556. The van der Waals surface area contributed by atoms with Gasteiger partial charge in [0.15, 0.2) is 0 Å². The second kappa shape index (κ2) is 7.52. The molecule has 5 nitrogen and oxygen atoms in total. The van der Waals surface area contributed by atoms with E-state index in [0.29, 0.717) is 10.0 Å². The first-order chi connectivity index (χ1) is 11.9. The van der Waals surface area contributed by atoms with Gasteiger partial charge in [-0.15, -0.1) is 0 Å². The van der Waals surface area contributed by atoms with Gasteiger partial charge in [-0.2, -0.15) is 0 Å². The minimum atomic E-state index is -0.618. The number of hydrogen-bond acceptors (Lipinski definition) is 3. The average Bonchev–Trinajstić information content (AvgIpc) is 3.41. The van der Waals surface area contributed by atoms with Crippen molar-refractivity contribution in [1.29, 1.82) is 0 Å². The normalized spacial score (nSPS) is 21.5. The van der Waals surface area contributed by atoms with Crippen LogP contribution < -0.4 is 10.6 Å². The monoisotopic (exact) mass is 383 g/mol. The average molecular weight is 384 g/mol. The van der Waals surface area contributed by atoms with Gasteiger partial charge < -0.3 is 15.5 Å². The fourth-order valence-corrected chi connectivity index (χ4v) is 4.03. The standard InChI is InChI=1S/C18H23Cl2N3O2/c1-23(13-3-2-8-21-10-13)16(24)11-22-17(25)18(6-7-18)14-5-4-12(19)9-15(14)20/h4-5,9,13,21H,2-3,6-8,10-11H2,1H3,(H,22,25)/t13-/m1/s1. The van der Waals surface area contributed by atoms with Gasteiger partial charge in [0.05, 0.1) is 12.0 Å². The molecule has 0 spiro atoms. The molecule has 25 heavy (non-hydrogen) atoms. The minimum absolute atomic E-state index is 0.0127. The molecule has 3 rings (SSSR count). The second-order valence-corrected chi connectivity index (χ2v) is 7.74. The number of rotatable bonds is 5. The summed E-state index contributed by atoms with van der Waals surface area (Å²) in [6.45, 7) is 1.82. The van der Waals surface area contributed by atoms with E-state index in [0.717, 1.165) is 44.3 Å². The summed E-state index contributed by atoms with van der Waals surface area (Å²) in [4.78, 5) is 26.8. The molecular formula is C18H23Cl2N3O2. The molecule has 0 aromatic heterocycles. The third-order valence-electron chi connectivity index (χ3n) is 5.24. The Morgan fingerprint density at radius 3 is 2.72 bits per heavy atom. The van der Waals surface area contributed by atoms with E-state index in [4.69, 9.17) is 23.2 Å². The van der Waals surface area contributed by atoms with E-state index in [1.54, 1.807) is 30.1 Å². The van der Waals surface area contributed by atoms with Crippen LogP contribution in [0.1, 0.15) is 31.2 Å². The maximum absolute atomic E-state index is 12.7. The van der Waals surface area contributed by atoms with E-state index in [1.165, 1.54) is 0 Å². The lowest BCUT2D eigenvalue weighted by atomic mass is 9.95. The first-order valence-electron chi connectivity index (χ1n) is 8.64. The molecule has 0 radical (unpaired) electrons. The third kappa shape index (κ3) is 3.94. The van der Waals surface area contributed by atoms with Crippen LogP contribution in [0.3, 0.4) is 0 Å². The first-order valence-corrected chi connectivity index (χ1v) is 9.40. The highest BCUT2D eigenvalue weighted by Crippen LogP contribution is 2.51. The molecule has 7 heteroatoms. The van der Waals surface area contributed by atoms with Crippen molar-refractivity contribution < 1.29 is 9.59 Å². The summed E-state index contributed by atoms with van der Waals surface area (Å²) in [6.07, 6.45) is 3.52. The number of halogens is 2. The molecule has 1 heterocycles. The molecule has 2 aliphatic rings. The molecule has 0 bridgehead atoms. The van der Waals surface area contributed by atoms with Gasteiger partial charge in [-0.1, -0.05) is 29.3 Å². The molecule has 1 aromatic carbocycles. The Kier molecular flexibility index (Phi) is 5.56. The Hall–Kier alpha value is -1.30. The van der Waals surface area contributed by atoms with Crippen LogP contribution in [0.15, 0.2) is 18.2 Å². The van der Waals surface area contributed by atoms with Crippen molar-refractivity contribution in [3.63, 3.8) is 0 Å². The van der Waals surface area contributed by atoms with Crippen LogP contribution >= 0.6 is 23.2 Å². The molecule has 2 fully saturated rings. The van der Waals surface area contributed by atoms with E-state index in [-0.39, 0.29) is 24.4 Å². The Morgan fingerprint density at radius 2 is 2.12 bits per heavy atom. The van der Waals surface area contributed by atoms with Gasteiger partial charge >= 0.3 is 0 Å². The van der Waals surface area contributed by atoms with Crippen molar-refractivity contribution in [2.75, 3.05) is 26.7 Å². The molecule has 1 aliphatic heterocycles. The summed E-state index contributed by atoms with van der Waals surface area (Å²) in [5.74, 6) is -0.208. The summed E-state index contributed by atoms with van der Waals surface area (Å²) in [5, 5.41) is 7.14. The number of likely N-dealkylation sites (N-methyl/N-ethyl adjacent to an activating group) is 1. The number of benzene rings is 1. The van der Waals surface area contributed by atoms with E-state index < -0.39 is 5.41 Å². The zero-order valence-corrected chi connectivity index (χ0v) is 15.8. The second-order valence-electron chi connectivity index (χ2n) is 6.89. The van der Waals surface area contributed by atoms with Crippen molar-refractivity contribution >= 4 is 35.0 Å². The highest BCUT2D eigenvalue weighted by molar-refractivity contribution is 6.35. The molecule has 1 aromatic rings. The number of piperidine rings is 1. The SMILES string of the molecule is CN(C(=O)CNC(=O)C1(c2ccc(Cl)cc2Cl)CC1)[C@@H]1CCCNC1. The summed E-state index contributed by atoms with van der Waals surface area (Å²) in [6, 6.07) is 5.39. The first kappa shape index (κ1) is 18.5. The molecule has 1 atom stereocenters. The lowest BCUT2D eigenvalue weighted by Gasteiger charge is -2.32. The summed E-state index contributed by atoms with van der Waals surface area (Å²) in [5.41, 5.74) is 0.167. The third-order valence-corrected chi connectivity index (χ3v) is 5.79. The van der Waals surface area contributed by atoms with Gasteiger partial charge in [0.1, 0.15) is 0 Å². The number of carbonyl (C=O) groups excluding carboxylic acids is 2. The Labute approximate surface area is 158 Å². The van der Waals surface area contributed by atoms with Crippen LogP contribution in [0.2, 0.25) is 10.0 Å². The molecule has 1 saturated carbocycles. The molecule has 2 amide bonds. The number of amides is 2. The van der Waals surface area contributed by atoms with Gasteiger partial charge in [0.2, 0.25) is 11.8 Å². The van der Waals surface area contributed by atoms with Crippen molar-refractivity contribution in [3.05, 3.63) is 33.8 Å². The van der Waals surface area contributed by atoms with Gasteiger partial charge in [0, 0.05) is 29.7 Å². The van der Waals surface area contributed by atoms with E-state index in [2.05, 4.69) is 10.6 Å². The van der Waals surface area contributed by atoms with Crippen LogP contribution in [0.25, 0.3) is 0 Å². The maximum Gasteiger partial charge on any atom is 0.242 e. The maximum atomic E-state index is 12.7. The van der Waals surface area contributed by atoms with E-state index >= 15 is 0 Å². The number of hydrogen-bond donors (Lipinski definition) is 2. The van der Waals surface area contributed by atoms with E-state index in [1.807, 2.05) is 0 Å². The van der Waals surface area contributed by atoms with Crippen LogP contribution in [-0.2, 0) is 15.0 Å². The predicted octanol–water partition coefficient (Wildman–Crippen LogP) is 2.35. The van der Waals surface area contributed by atoms with Gasteiger partial charge in [0.25, 0.3) is 0 Å². The highest BCUT2D eigenvalue weighted by Gasteiger charge is 2.52. The Morgan fingerprint density at radius 1 is 1.36 bits per heavy atom. The smallest absolute Gasteiger partial charge is 0.242 e. The summed E-state index contributed by atoms with van der Waals surface area (Å²) >= 11 is 12.2. The van der Waals surface area contributed by atoms with Crippen LogP contribution in [0, 0.1) is 0 Å². The zero-order valence-electron chi connectivity index (χ0n) is 14.3. The van der Waals surface area contributed by atoms with Gasteiger partial charge in [-0.3, -0.25) is 9.59 Å². The van der Waals surface area contributed by atoms with Gasteiger partial charge in [-0.25, -0.2) is 0 Å². The fourth-order valence-electron chi connectivity index (χ4n) is 3.44. The topological polar surface area (TPSA) is 61.4 Å². The molecule has 2 N–H and O–H groups in total. The van der Waals surface area contributed by atoms with Crippen LogP contribution in [0.4, 0.5) is 0 Å². The molecule has 1 saturated heterocycles. The summed E-state index contributed by atoms with van der Waals surface area (Å²) in [7, 11) is 1.80. The quantitative estimate of drug-likeness (QED) is 0.820. The number of nitrogens with zero attached hydrogens (tertiary/aromatic N) is 1. The van der Waals surface area contributed by atoms with Crippen molar-refractivity contribution in [1.82, 2.24) is 15.5 Å². The molecule has 136 valence electrons. The van der Waals surface area contributed by atoms with Crippen molar-refractivity contribution in [3.8, 4) is 0 Å². The Balaban J connectivity index is 1.59. The number of carbonyl (C=O) groups is 2. The molecular weight excluding hydrogens is 361 g/mol.